The standard InChI is InChI=1S/C9H14N2O2S.K/c1-6(2)3-4-10-9-11-7(5-14-9)8(12)13;/h5-6H,3-4H2,1-2H3,(H,10,11)(H,12,13);/q;+1/p-1. The first-order valence-corrected chi connectivity index (χ1v) is 5.38. The second kappa shape index (κ2) is 7.75. The first-order chi connectivity index (χ1) is 6.59. The topological polar surface area (TPSA) is 65.0 Å². The number of aromatic carboxylic acids is 1. The predicted molar refractivity (Wildman–Crippen MR) is 54.4 cm³/mol. The van der Waals surface area contributed by atoms with E-state index >= 15 is 0 Å². The van der Waals surface area contributed by atoms with E-state index in [1.165, 1.54) is 16.7 Å². The molecule has 0 fully saturated rings. The number of carboxylic acids is 1. The van der Waals surface area contributed by atoms with Crippen LogP contribution in [0.2, 0.25) is 0 Å². The van der Waals surface area contributed by atoms with Gasteiger partial charge >= 0.3 is 51.4 Å². The Morgan fingerprint density at radius 3 is 2.80 bits per heavy atom. The molecule has 0 spiro atoms. The van der Waals surface area contributed by atoms with E-state index in [1.807, 2.05) is 0 Å². The molecule has 0 saturated heterocycles. The van der Waals surface area contributed by atoms with E-state index in [0.717, 1.165) is 13.0 Å². The van der Waals surface area contributed by atoms with Gasteiger partial charge in [-0.3, -0.25) is 0 Å². The second-order valence-electron chi connectivity index (χ2n) is 3.43. The molecule has 1 aromatic rings. The van der Waals surface area contributed by atoms with Crippen LogP contribution in [0.25, 0.3) is 0 Å². The molecule has 0 aromatic carbocycles. The van der Waals surface area contributed by atoms with Crippen molar-refractivity contribution in [3.63, 3.8) is 0 Å². The van der Waals surface area contributed by atoms with E-state index in [4.69, 9.17) is 0 Å². The average Bonchev–Trinajstić information content (AvgIpc) is 2.52. The number of carbonyl (C=O) groups is 1. The van der Waals surface area contributed by atoms with Gasteiger partial charge in [0.05, 0.1) is 11.7 Å². The average molecular weight is 252 g/mol. The first kappa shape index (κ1) is 15.5. The third-order valence-electron chi connectivity index (χ3n) is 1.71. The smallest absolute Gasteiger partial charge is 0.543 e. The van der Waals surface area contributed by atoms with E-state index < -0.39 is 5.97 Å². The van der Waals surface area contributed by atoms with Crippen molar-refractivity contribution in [1.29, 1.82) is 0 Å². The van der Waals surface area contributed by atoms with E-state index in [1.54, 1.807) is 0 Å². The Hall–Kier alpha value is 0.536. The molecule has 0 atom stereocenters. The summed E-state index contributed by atoms with van der Waals surface area (Å²) in [4.78, 5) is 14.3. The van der Waals surface area contributed by atoms with Crippen molar-refractivity contribution in [2.75, 3.05) is 11.9 Å². The Kier molecular flexibility index (Phi) is 8.03. The van der Waals surface area contributed by atoms with Crippen LogP contribution in [0, 0.1) is 5.92 Å². The van der Waals surface area contributed by atoms with Crippen LogP contribution in [-0.4, -0.2) is 17.5 Å². The molecule has 1 N–H and O–H groups in total. The molecule has 15 heavy (non-hydrogen) atoms. The molecule has 0 aliphatic carbocycles. The molecule has 0 amide bonds. The van der Waals surface area contributed by atoms with Gasteiger partial charge in [0.1, 0.15) is 0 Å². The minimum absolute atomic E-state index is 0. The van der Waals surface area contributed by atoms with Gasteiger partial charge in [-0.2, -0.15) is 0 Å². The second-order valence-corrected chi connectivity index (χ2v) is 4.29. The maximum atomic E-state index is 10.4. The van der Waals surface area contributed by atoms with Crippen LogP contribution in [0.1, 0.15) is 30.8 Å². The summed E-state index contributed by atoms with van der Waals surface area (Å²) >= 11 is 1.29. The van der Waals surface area contributed by atoms with E-state index in [-0.39, 0.29) is 57.1 Å². The van der Waals surface area contributed by atoms with Crippen LogP contribution < -0.4 is 61.8 Å². The predicted octanol–water partition coefficient (Wildman–Crippen LogP) is -2.03. The van der Waals surface area contributed by atoms with Crippen molar-refractivity contribution in [3.8, 4) is 0 Å². The molecule has 1 rings (SSSR count). The Balaban J connectivity index is 0.00000196. The number of hydrogen-bond donors (Lipinski definition) is 1. The molecular formula is C9H13KN2O2S. The number of thiazole rings is 1. The van der Waals surface area contributed by atoms with Gasteiger partial charge in [-0.15, -0.1) is 11.3 Å². The first-order valence-electron chi connectivity index (χ1n) is 4.50. The fourth-order valence-electron chi connectivity index (χ4n) is 0.916. The number of nitrogens with zero attached hydrogens (tertiary/aromatic N) is 1. The van der Waals surface area contributed by atoms with Gasteiger partial charge in [-0.05, 0) is 12.3 Å². The van der Waals surface area contributed by atoms with Crippen LogP contribution in [0.4, 0.5) is 5.13 Å². The van der Waals surface area contributed by atoms with Gasteiger partial charge in [-0.1, -0.05) is 13.8 Å². The Morgan fingerprint density at radius 1 is 1.67 bits per heavy atom. The minimum Gasteiger partial charge on any atom is -0.543 e. The molecule has 4 nitrogen and oxygen atoms in total. The summed E-state index contributed by atoms with van der Waals surface area (Å²) < 4.78 is 0. The summed E-state index contributed by atoms with van der Waals surface area (Å²) in [6, 6.07) is 0. The van der Waals surface area contributed by atoms with Gasteiger partial charge in [0, 0.05) is 11.9 Å². The molecular weight excluding hydrogens is 239 g/mol. The fourth-order valence-corrected chi connectivity index (χ4v) is 1.63. The van der Waals surface area contributed by atoms with Gasteiger partial charge < -0.3 is 15.2 Å². The summed E-state index contributed by atoms with van der Waals surface area (Å²) in [6.45, 7) is 5.09. The summed E-state index contributed by atoms with van der Waals surface area (Å²) in [5.74, 6) is -0.596. The third-order valence-corrected chi connectivity index (χ3v) is 2.51. The maximum absolute atomic E-state index is 10.4. The molecule has 1 aromatic heterocycles. The zero-order chi connectivity index (χ0) is 10.6. The summed E-state index contributed by atoms with van der Waals surface area (Å²) in [5, 5.41) is 15.6. The fraction of sp³-hybridized carbons (Fsp3) is 0.556. The zero-order valence-corrected chi connectivity index (χ0v) is 13.2. The molecule has 0 unspecified atom stereocenters. The third kappa shape index (κ3) is 5.99. The molecule has 0 aliphatic rings. The van der Waals surface area contributed by atoms with Gasteiger partial charge in [0.25, 0.3) is 0 Å². The van der Waals surface area contributed by atoms with Gasteiger partial charge in [0.15, 0.2) is 5.13 Å². The van der Waals surface area contributed by atoms with Crippen molar-refractivity contribution in [1.82, 2.24) is 4.98 Å². The quantitative estimate of drug-likeness (QED) is 0.614. The van der Waals surface area contributed by atoms with E-state index in [0.29, 0.717) is 11.0 Å². The van der Waals surface area contributed by atoms with Gasteiger partial charge in [-0.25, -0.2) is 4.98 Å². The van der Waals surface area contributed by atoms with Crippen LogP contribution in [0.15, 0.2) is 5.38 Å². The van der Waals surface area contributed by atoms with Crippen molar-refractivity contribution in [2.24, 2.45) is 5.92 Å². The molecule has 78 valence electrons. The van der Waals surface area contributed by atoms with Crippen LogP contribution in [0.5, 0.6) is 0 Å². The maximum Gasteiger partial charge on any atom is 1.00 e. The van der Waals surface area contributed by atoms with Crippen LogP contribution in [0.3, 0.4) is 0 Å². The largest absolute Gasteiger partial charge is 1.00 e. The number of carboxylic acid groups (broad SMARTS) is 1. The molecule has 0 aliphatic heterocycles. The molecule has 6 heteroatoms. The van der Waals surface area contributed by atoms with Crippen molar-refractivity contribution in [2.45, 2.75) is 20.3 Å². The summed E-state index contributed by atoms with van der Waals surface area (Å²) in [6.07, 6.45) is 1.04. The SMILES string of the molecule is CC(C)CCNc1nc(C(=O)[O-])cs1.[K+]. The number of hydrogen-bond acceptors (Lipinski definition) is 5. The number of rotatable bonds is 5. The van der Waals surface area contributed by atoms with Crippen LogP contribution in [-0.2, 0) is 0 Å². The van der Waals surface area contributed by atoms with Crippen molar-refractivity contribution < 1.29 is 61.3 Å². The minimum atomic E-state index is -1.22. The molecule has 0 saturated carbocycles. The Bertz CT molecular complexity index is 315. The van der Waals surface area contributed by atoms with Crippen LogP contribution >= 0.6 is 11.3 Å². The van der Waals surface area contributed by atoms with Crippen molar-refractivity contribution in [3.05, 3.63) is 11.1 Å². The molecule has 0 radical (unpaired) electrons. The normalized spacial score (nSPS) is 9.80. The number of anilines is 1. The van der Waals surface area contributed by atoms with E-state index in [9.17, 15) is 9.90 Å². The number of carbonyl (C=O) groups excluding carboxylic acids is 1. The molecule has 0 bridgehead atoms. The van der Waals surface area contributed by atoms with Gasteiger partial charge in [0.2, 0.25) is 0 Å². The monoisotopic (exact) mass is 252 g/mol. The molecule has 1 heterocycles. The number of nitrogens with one attached hydrogen (secondary N) is 1. The Labute approximate surface area is 136 Å². The zero-order valence-electron chi connectivity index (χ0n) is 9.24. The summed E-state index contributed by atoms with van der Waals surface area (Å²) in [7, 11) is 0. The summed E-state index contributed by atoms with van der Waals surface area (Å²) in [5.41, 5.74) is 0.00190. The van der Waals surface area contributed by atoms with Crippen molar-refractivity contribution >= 4 is 22.4 Å². The van der Waals surface area contributed by atoms with E-state index in [2.05, 4.69) is 24.1 Å². The number of aromatic nitrogens is 1. The Morgan fingerprint density at radius 2 is 2.33 bits per heavy atom.